The summed E-state index contributed by atoms with van der Waals surface area (Å²) in [6.45, 7) is 5.22. The number of fused-ring (bicyclic) bond motifs is 2. The Morgan fingerprint density at radius 1 is 1.00 bits per heavy atom. The minimum atomic E-state index is -0.210. The third-order valence-electron chi connectivity index (χ3n) is 5.86. The highest BCUT2D eigenvalue weighted by Crippen LogP contribution is 2.32. The number of amides is 1. The van der Waals surface area contributed by atoms with Crippen molar-refractivity contribution in [2.45, 2.75) is 25.4 Å². The number of aryl methyl sites for hydroxylation is 2. The highest BCUT2D eigenvalue weighted by molar-refractivity contribution is 7.99. The number of thioether (sulfide) groups is 1. The zero-order valence-electron chi connectivity index (χ0n) is 19.5. The number of hydrogen-bond donors (Lipinski definition) is 1. The lowest BCUT2D eigenvalue weighted by molar-refractivity contribution is -0.113. The average Bonchev–Trinajstić information content (AvgIpc) is 3.10. The number of carbonyl (C=O) groups excluding carboxylic acids is 1. The van der Waals surface area contributed by atoms with E-state index in [-0.39, 0.29) is 17.2 Å². The smallest absolute Gasteiger partial charge is 0.266 e. The molecule has 1 aliphatic heterocycles. The van der Waals surface area contributed by atoms with Gasteiger partial charge in [-0.2, -0.15) is 0 Å². The number of aromatic nitrogens is 2. The van der Waals surface area contributed by atoms with Crippen molar-refractivity contribution in [1.82, 2.24) is 9.55 Å². The van der Waals surface area contributed by atoms with Crippen LogP contribution in [0.5, 0.6) is 11.5 Å². The number of hydrogen-bond acceptors (Lipinski definition) is 6. The van der Waals surface area contributed by atoms with E-state index in [1.54, 1.807) is 28.8 Å². The summed E-state index contributed by atoms with van der Waals surface area (Å²) in [6, 6.07) is 18.5. The van der Waals surface area contributed by atoms with E-state index in [0.717, 1.165) is 23.2 Å². The molecule has 1 aliphatic rings. The van der Waals surface area contributed by atoms with Gasteiger partial charge in [-0.25, -0.2) is 4.98 Å². The molecule has 1 amide bonds. The largest absolute Gasteiger partial charge is 0.490 e. The van der Waals surface area contributed by atoms with Gasteiger partial charge in [-0.3, -0.25) is 14.2 Å². The maximum Gasteiger partial charge on any atom is 0.266 e. The summed E-state index contributed by atoms with van der Waals surface area (Å²) in [7, 11) is 0. The second-order valence-corrected chi connectivity index (χ2v) is 9.31. The lowest BCUT2D eigenvalue weighted by Crippen LogP contribution is -2.23. The van der Waals surface area contributed by atoms with Crippen LogP contribution in [0.15, 0.2) is 70.6 Å². The van der Waals surface area contributed by atoms with Gasteiger partial charge in [0.05, 0.1) is 35.6 Å². The molecular weight excluding hydrogens is 462 g/mol. The first-order valence-electron chi connectivity index (χ1n) is 11.4. The standard InChI is InChI=1S/C27H25N3O4S/c1-17-8-10-20(14-18(17)2)30-26(32)21-6-3-4-7-22(21)29-27(30)35-16-25(31)28-19-9-11-23-24(15-19)34-13-5-12-33-23/h3-4,6-11,14-15H,5,12-13,16H2,1-2H3,(H,28,31). The molecular formula is C27H25N3O4S. The lowest BCUT2D eigenvalue weighted by atomic mass is 10.1. The Morgan fingerprint density at radius 3 is 2.63 bits per heavy atom. The first kappa shape index (κ1) is 23.0. The molecule has 0 radical (unpaired) electrons. The zero-order valence-corrected chi connectivity index (χ0v) is 20.4. The number of benzene rings is 3. The first-order chi connectivity index (χ1) is 17.0. The Labute approximate surface area is 207 Å². The molecule has 3 aromatic carbocycles. The minimum Gasteiger partial charge on any atom is -0.490 e. The fraction of sp³-hybridized carbons (Fsp3) is 0.222. The molecule has 1 aromatic heterocycles. The summed E-state index contributed by atoms with van der Waals surface area (Å²) in [6.07, 6.45) is 0.813. The summed E-state index contributed by atoms with van der Waals surface area (Å²) in [5.41, 5.74) is 4.00. The van der Waals surface area contributed by atoms with Crippen LogP contribution >= 0.6 is 11.8 Å². The van der Waals surface area contributed by atoms with E-state index in [2.05, 4.69) is 5.32 Å². The van der Waals surface area contributed by atoms with Crippen molar-refractivity contribution in [1.29, 1.82) is 0 Å². The van der Waals surface area contributed by atoms with Crippen molar-refractivity contribution in [2.24, 2.45) is 0 Å². The van der Waals surface area contributed by atoms with Crippen LogP contribution in [0.4, 0.5) is 5.69 Å². The number of para-hydroxylation sites is 1. The van der Waals surface area contributed by atoms with E-state index in [0.29, 0.717) is 46.5 Å². The molecule has 2 heterocycles. The fourth-order valence-corrected chi connectivity index (χ4v) is 4.68. The van der Waals surface area contributed by atoms with Gasteiger partial charge in [-0.05, 0) is 61.4 Å². The Kier molecular flexibility index (Phi) is 6.46. The van der Waals surface area contributed by atoms with Crippen LogP contribution in [0.2, 0.25) is 0 Å². The van der Waals surface area contributed by atoms with Crippen LogP contribution < -0.4 is 20.3 Å². The Hall–Kier alpha value is -3.78. The Morgan fingerprint density at radius 2 is 1.80 bits per heavy atom. The van der Waals surface area contributed by atoms with Gasteiger partial charge in [-0.1, -0.05) is 30.0 Å². The molecule has 0 spiro atoms. The van der Waals surface area contributed by atoms with Crippen molar-refractivity contribution in [3.63, 3.8) is 0 Å². The Balaban J connectivity index is 1.41. The van der Waals surface area contributed by atoms with Crippen molar-refractivity contribution in [3.05, 3.63) is 82.1 Å². The molecule has 4 aromatic rings. The quantitative estimate of drug-likeness (QED) is 0.319. The average molecular weight is 488 g/mol. The summed E-state index contributed by atoms with van der Waals surface area (Å²) >= 11 is 1.22. The van der Waals surface area contributed by atoms with Crippen LogP contribution in [0.25, 0.3) is 16.6 Å². The number of ether oxygens (including phenoxy) is 2. The van der Waals surface area contributed by atoms with Gasteiger partial charge in [-0.15, -0.1) is 0 Å². The third-order valence-corrected chi connectivity index (χ3v) is 6.80. The highest BCUT2D eigenvalue weighted by Gasteiger charge is 2.16. The van der Waals surface area contributed by atoms with Gasteiger partial charge < -0.3 is 14.8 Å². The number of nitrogens with one attached hydrogen (secondary N) is 1. The SMILES string of the molecule is Cc1ccc(-n2c(SCC(=O)Nc3ccc4c(c3)OCCCO4)nc3ccccc3c2=O)cc1C. The second kappa shape index (κ2) is 9.84. The van der Waals surface area contributed by atoms with Crippen molar-refractivity contribution >= 4 is 34.3 Å². The lowest BCUT2D eigenvalue weighted by Gasteiger charge is -2.14. The molecule has 0 saturated carbocycles. The Bertz CT molecular complexity index is 1480. The molecule has 0 bridgehead atoms. The second-order valence-electron chi connectivity index (χ2n) is 8.37. The monoisotopic (exact) mass is 487 g/mol. The molecule has 35 heavy (non-hydrogen) atoms. The van der Waals surface area contributed by atoms with Crippen molar-refractivity contribution in [2.75, 3.05) is 24.3 Å². The number of nitrogens with zero attached hydrogens (tertiary/aromatic N) is 2. The van der Waals surface area contributed by atoms with E-state index in [1.807, 2.05) is 50.2 Å². The minimum absolute atomic E-state index is 0.0874. The molecule has 0 atom stereocenters. The molecule has 0 fully saturated rings. The van der Waals surface area contributed by atoms with Gasteiger partial charge in [0.15, 0.2) is 16.7 Å². The molecule has 178 valence electrons. The van der Waals surface area contributed by atoms with Crippen LogP contribution in [0.3, 0.4) is 0 Å². The molecule has 8 heteroatoms. The van der Waals surface area contributed by atoms with Gasteiger partial charge in [0.2, 0.25) is 5.91 Å². The van der Waals surface area contributed by atoms with E-state index < -0.39 is 0 Å². The highest BCUT2D eigenvalue weighted by atomic mass is 32.2. The van der Waals surface area contributed by atoms with E-state index in [9.17, 15) is 9.59 Å². The predicted molar refractivity (Wildman–Crippen MR) is 138 cm³/mol. The molecule has 7 nitrogen and oxygen atoms in total. The van der Waals surface area contributed by atoms with E-state index >= 15 is 0 Å². The van der Waals surface area contributed by atoms with Gasteiger partial charge in [0, 0.05) is 18.2 Å². The number of rotatable bonds is 5. The topological polar surface area (TPSA) is 82.5 Å². The normalized spacial score (nSPS) is 12.9. The summed E-state index contributed by atoms with van der Waals surface area (Å²) < 4.78 is 12.9. The first-order valence-corrected chi connectivity index (χ1v) is 12.4. The van der Waals surface area contributed by atoms with Crippen molar-refractivity contribution < 1.29 is 14.3 Å². The predicted octanol–water partition coefficient (Wildman–Crippen LogP) is 4.89. The maximum atomic E-state index is 13.4. The van der Waals surface area contributed by atoms with Gasteiger partial charge in [0.1, 0.15) is 0 Å². The van der Waals surface area contributed by atoms with E-state index in [1.165, 1.54) is 11.8 Å². The van der Waals surface area contributed by atoms with Crippen LogP contribution in [0.1, 0.15) is 17.5 Å². The number of carbonyl (C=O) groups is 1. The summed E-state index contributed by atoms with van der Waals surface area (Å²) in [5.74, 6) is 1.17. The number of anilines is 1. The van der Waals surface area contributed by atoms with E-state index in [4.69, 9.17) is 14.5 Å². The summed E-state index contributed by atoms with van der Waals surface area (Å²) in [4.78, 5) is 30.9. The van der Waals surface area contributed by atoms with Crippen molar-refractivity contribution in [3.8, 4) is 17.2 Å². The summed E-state index contributed by atoms with van der Waals surface area (Å²) in [5, 5.41) is 3.90. The molecule has 5 rings (SSSR count). The molecule has 0 aliphatic carbocycles. The van der Waals surface area contributed by atoms with Gasteiger partial charge in [0.25, 0.3) is 5.56 Å². The van der Waals surface area contributed by atoms with Crippen LogP contribution in [0, 0.1) is 13.8 Å². The molecule has 0 saturated heterocycles. The fourth-order valence-electron chi connectivity index (χ4n) is 3.87. The van der Waals surface area contributed by atoms with Gasteiger partial charge >= 0.3 is 0 Å². The molecule has 1 N–H and O–H groups in total. The third kappa shape index (κ3) is 4.88. The van der Waals surface area contributed by atoms with Crippen LogP contribution in [-0.4, -0.2) is 34.4 Å². The maximum absolute atomic E-state index is 13.4. The van der Waals surface area contributed by atoms with Crippen LogP contribution in [-0.2, 0) is 4.79 Å². The zero-order chi connectivity index (χ0) is 24.4. The molecule has 0 unspecified atom stereocenters.